The zero-order valence-corrected chi connectivity index (χ0v) is 11.4. The summed E-state index contributed by atoms with van der Waals surface area (Å²) in [7, 11) is 0. The van der Waals surface area contributed by atoms with E-state index < -0.39 is 0 Å². The van der Waals surface area contributed by atoms with E-state index in [0.717, 1.165) is 15.8 Å². The summed E-state index contributed by atoms with van der Waals surface area (Å²) in [6, 6.07) is 11.7. The molecule has 5 nitrogen and oxygen atoms in total. The van der Waals surface area contributed by atoms with Crippen LogP contribution in [0.25, 0.3) is 11.3 Å². The summed E-state index contributed by atoms with van der Waals surface area (Å²) < 4.78 is 8.23. The van der Waals surface area contributed by atoms with Crippen LogP contribution in [0.4, 0.5) is 0 Å². The summed E-state index contributed by atoms with van der Waals surface area (Å²) in [4.78, 5) is 0. The fourth-order valence-electron chi connectivity index (χ4n) is 1.57. The van der Waals surface area contributed by atoms with Crippen molar-refractivity contribution in [2.24, 2.45) is 5.10 Å². The Morgan fingerprint density at radius 2 is 1.79 bits per heavy atom. The molecule has 0 unspecified atom stereocenters. The molecule has 0 aliphatic heterocycles. The van der Waals surface area contributed by atoms with Gasteiger partial charge >= 0.3 is 0 Å². The van der Waals surface area contributed by atoms with Crippen molar-refractivity contribution in [1.82, 2.24) is 14.9 Å². The number of hydrogen-bond donors (Lipinski definition) is 0. The molecule has 0 atom stereocenters. The highest BCUT2D eigenvalue weighted by Crippen LogP contribution is 2.23. The van der Waals surface area contributed by atoms with Gasteiger partial charge in [-0.2, -0.15) is 5.10 Å². The lowest BCUT2D eigenvalue weighted by Gasteiger charge is -1.96. The van der Waals surface area contributed by atoms with Gasteiger partial charge in [-0.3, -0.25) is 0 Å². The molecule has 3 aromatic rings. The Hall–Kier alpha value is -2.21. The Kier molecular flexibility index (Phi) is 3.24. The van der Waals surface area contributed by atoms with Crippen molar-refractivity contribution in [3.05, 3.63) is 59.3 Å². The van der Waals surface area contributed by atoms with Gasteiger partial charge in [0.25, 0.3) is 0 Å². The number of aromatic nitrogens is 3. The highest BCUT2D eigenvalue weighted by molar-refractivity contribution is 9.10. The topological polar surface area (TPSA) is 56.2 Å². The molecule has 3 rings (SSSR count). The highest BCUT2D eigenvalue weighted by Gasteiger charge is 2.03. The number of rotatable bonds is 3. The number of nitrogens with zero attached hydrogens (tertiary/aromatic N) is 4. The van der Waals surface area contributed by atoms with Crippen molar-refractivity contribution in [2.75, 3.05) is 0 Å². The summed E-state index contributed by atoms with van der Waals surface area (Å²) >= 11 is 3.40. The molecule has 0 N–H and O–H groups in total. The van der Waals surface area contributed by atoms with E-state index in [4.69, 9.17) is 4.42 Å². The van der Waals surface area contributed by atoms with Crippen LogP contribution >= 0.6 is 15.9 Å². The van der Waals surface area contributed by atoms with Gasteiger partial charge in [0.1, 0.15) is 24.2 Å². The van der Waals surface area contributed by atoms with Gasteiger partial charge < -0.3 is 4.42 Å². The van der Waals surface area contributed by atoms with Crippen molar-refractivity contribution in [1.29, 1.82) is 0 Å². The maximum absolute atomic E-state index is 5.69. The largest absolute Gasteiger partial charge is 0.455 e. The third-order valence-electron chi connectivity index (χ3n) is 2.48. The highest BCUT2D eigenvalue weighted by atomic mass is 79.9. The molecule has 0 fully saturated rings. The summed E-state index contributed by atoms with van der Waals surface area (Å²) in [5.74, 6) is 1.48. The molecule has 19 heavy (non-hydrogen) atoms. The monoisotopic (exact) mass is 316 g/mol. The molecule has 6 heteroatoms. The van der Waals surface area contributed by atoms with Crippen molar-refractivity contribution in [2.45, 2.75) is 0 Å². The van der Waals surface area contributed by atoms with E-state index in [1.807, 2.05) is 36.4 Å². The van der Waals surface area contributed by atoms with E-state index in [1.165, 1.54) is 17.3 Å². The number of hydrogen-bond acceptors (Lipinski definition) is 4. The van der Waals surface area contributed by atoms with Gasteiger partial charge in [-0.1, -0.05) is 28.1 Å². The Labute approximate surface area is 117 Å². The van der Waals surface area contributed by atoms with Gasteiger partial charge in [-0.15, -0.1) is 10.2 Å². The zero-order valence-electron chi connectivity index (χ0n) is 9.77. The predicted molar refractivity (Wildman–Crippen MR) is 74.9 cm³/mol. The molecule has 0 aliphatic carbocycles. The molecule has 2 aromatic heterocycles. The number of furan rings is 1. The third-order valence-corrected chi connectivity index (χ3v) is 3.01. The van der Waals surface area contributed by atoms with Crippen molar-refractivity contribution in [3.63, 3.8) is 0 Å². The van der Waals surface area contributed by atoms with Crippen LogP contribution in [0.1, 0.15) is 5.76 Å². The van der Waals surface area contributed by atoms with Crippen LogP contribution in [0.15, 0.2) is 63.0 Å². The van der Waals surface area contributed by atoms with Crippen LogP contribution in [0.3, 0.4) is 0 Å². The average molecular weight is 317 g/mol. The molecule has 0 saturated carbocycles. The molecule has 0 aliphatic rings. The maximum Gasteiger partial charge on any atom is 0.147 e. The first-order valence-corrected chi connectivity index (χ1v) is 6.35. The van der Waals surface area contributed by atoms with Crippen LogP contribution in [0.5, 0.6) is 0 Å². The fraction of sp³-hybridized carbons (Fsp3) is 0. The van der Waals surface area contributed by atoms with Gasteiger partial charge in [0.05, 0.1) is 6.21 Å². The first-order valence-electron chi connectivity index (χ1n) is 5.56. The van der Waals surface area contributed by atoms with Crippen molar-refractivity contribution in [3.8, 4) is 11.3 Å². The predicted octanol–water partition coefficient (Wildman–Crippen LogP) is 3.18. The van der Waals surface area contributed by atoms with Crippen LogP contribution in [0, 0.1) is 0 Å². The first kappa shape index (κ1) is 11.9. The van der Waals surface area contributed by atoms with E-state index in [0.29, 0.717) is 5.76 Å². The van der Waals surface area contributed by atoms with E-state index >= 15 is 0 Å². The molecular formula is C13H9BrN4O. The van der Waals surface area contributed by atoms with Gasteiger partial charge in [-0.05, 0) is 24.3 Å². The van der Waals surface area contributed by atoms with Crippen LogP contribution < -0.4 is 0 Å². The zero-order chi connectivity index (χ0) is 13.1. The molecule has 1 aromatic carbocycles. The minimum absolute atomic E-state index is 0.673. The summed E-state index contributed by atoms with van der Waals surface area (Å²) in [6.07, 6.45) is 4.63. The van der Waals surface area contributed by atoms with Crippen LogP contribution in [0.2, 0.25) is 0 Å². The molecule has 94 valence electrons. The summed E-state index contributed by atoms with van der Waals surface area (Å²) in [5, 5.41) is 11.4. The quantitative estimate of drug-likeness (QED) is 0.697. The maximum atomic E-state index is 5.69. The van der Waals surface area contributed by atoms with Crippen LogP contribution in [-0.4, -0.2) is 21.1 Å². The Morgan fingerprint density at radius 3 is 2.53 bits per heavy atom. The lowest BCUT2D eigenvalue weighted by atomic mass is 10.2. The van der Waals surface area contributed by atoms with Gasteiger partial charge in [0.2, 0.25) is 0 Å². The van der Waals surface area contributed by atoms with E-state index in [9.17, 15) is 0 Å². The average Bonchev–Trinajstić information content (AvgIpc) is 3.09. The molecule has 2 heterocycles. The van der Waals surface area contributed by atoms with Gasteiger partial charge in [0, 0.05) is 10.0 Å². The standard InChI is InChI=1S/C13H9BrN4O/c14-11-3-1-10(2-4-11)13-6-5-12(19-13)7-17-18-8-15-16-9-18/h1-9H/b17-7+. The van der Waals surface area contributed by atoms with Crippen molar-refractivity contribution < 1.29 is 4.42 Å². The second kappa shape index (κ2) is 5.19. The van der Waals surface area contributed by atoms with E-state index in [1.54, 1.807) is 6.21 Å². The molecule has 0 spiro atoms. The Morgan fingerprint density at radius 1 is 1.05 bits per heavy atom. The smallest absolute Gasteiger partial charge is 0.147 e. The minimum Gasteiger partial charge on any atom is -0.455 e. The SMILES string of the molecule is Brc1ccc(-c2ccc(/C=N/n3cnnc3)o2)cc1. The first-order chi connectivity index (χ1) is 9.31. The van der Waals surface area contributed by atoms with Gasteiger partial charge in [0.15, 0.2) is 0 Å². The minimum atomic E-state index is 0.673. The second-order valence-electron chi connectivity index (χ2n) is 3.80. The van der Waals surface area contributed by atoms with E-state index in [-0.39, 0.29) is 0 Å². The number of benzene rings is 1. The summed E-state index contributed by atoms with van der Waals surface area (Å²) in [6.45, 7) is 0. The Balaban J connectivity index is 1.81. The van der Waals surface area contributed by atoms with Crippen LogP contribution in [-0.2, 0) is 0 Å². The lowest BCUT2D eigenvalue weighted by molar-refractivity contribution is 0.574. The lowest BCUT2D eigenvalue weighted by Crippen LogP contribution is -1.84. The number of halogens is 1. The summed E-state index contributed by atoms with van der Waals surface area (Å²) in [5.41, 5.74) is 1.02. The normalized spacial score (nSPS) is 11.2. The molecular weight excluding hydrogens is 308 g/mol. The van der Waals surface area contributed by atoms with Crippen molar-refractivity contribution >= 4 is 22.1 Å². The third kappa shape index (κ3) is 2.79. The van der Waals surface area contributed by atoms with Gasteiger partial charge in [-0.25, -0.2) is 4.68 Å². The molecule has 0 saturated heterocycles. The fourth-order valence-corrected chi connectivity index (χ4v) is 1.83. The van der Waals surface area contributed by atoms with E-state index in [2.05, 4.69) is 31.2 Å². The molecule has 0 radical (unpaired) electrons. The Bertz CT molecular complexity index is 686. The molecule has 0 amide bonds. The second-order valence-corrected chi connectivity index (χ2v) is 4.71. The molecule has 0 bridgehead atoms.